The first-order valence-electron chi connectivity index (χ1n) is 7.75. The molecule has 0 amide bonds. The number of fused-ring (bicyclic) bond motifs is 1. The Hall–Kier alpha value is -2.04. The summed E-state index contributed by atoms with van der Waals surface area (Å²) in [5.41, 5.74) is 10.3. The number of halogens is 1. The summed E-state index contributed by atoms with van der Waals surface area (Å²) < 4.78 is 0. The van der Waals surface area contributed by atoms with Crippen LogP contribution in [-0.2, 0) is 12.8 Å². The number of hydrogen-bond donors (Lipinski definition) is 3. The molecule has 120 valence electrons. The van der Waals surface area contributed by atoms with Crippen molar-refractivity contribution in [3.05, 3.63) is 64.2 Å². The Morgan fingerprint density at radius 3 is 2.83 bits per heavy atom. The number of nitrogens with two attached hydrogens (primary N) is 1. The molecule has 1 unspecified atom stereocenters. The van der Waals surface area contributed by atoms with E-state index in [1.165, 1.54) is 17.5 Å². The van der Waals surface area contributed by atoms with Gasteiger partial charge >= 0.3 is 0 Å². The first kappa shape index (κ1) is 15.8. The number of aliphatic imine (C=N–C) groups is 1. The van der Waals surface area contributed by atoms with Crippen LogP contribution < -0.4 is 11.1 Å². The van der Waals surface area contributed by atoms with Crippen LogP contribution in [0.15, 0.2) is 47.5 Å². The molecule has 4 nitrogen and oxygen atoms in total. The molecule has 0 radical (unpaired) electrons. The van der Waals surface area contributed by atoms with Gasteiger partial charge in [-0.3, -0.25) is 4.99 Å². The molecule has 0 spiro atoms. The van der Waals surface area contributed by atoms with E-state index >= 15 is 0 Å². The number of guanidine groups is 1. The van der Waals surface area contributed by atoms with E-state index in [9.17, 15) is 5.11 Å². The molecule has 2 aromatic carbocycles. The third-order valence-corrected chi connectivity index (χ3v) is 4.41. The molecule has 0 aliphatic heterocycles. The molecule has 0 aromatic heterocycles. The second kappa shape index (κ2) is 7.02. The molecule has 0 bridgehead atoms. The largest absolute Gasteiger partial charge is 0.386 e. The van der Waals surface area contributed by atoms with Gasteiger partial charge in [-0.15, -0.1) is 0 Å². The molecule has 5 heteroatoms. The lowest BCUT2D eigenvalue weighted by Crippen LogP contribution is -2.23. The van der Waals surface area contributed by atoms with Crippen LogP contribution in [0.3, 0.4) is 0 Å². The number of hydrogen-bond acceptors (Lipinski definition) is 2. The number of anilines is 1. The van der Waals surface area contributed by atoms with Crippen molar-refractivity contribution in [2.24, 2.45) is 10.7 Å². The maximum absolute atomic E-state index is 10.2. The van der Waals surface area contributed by atoms with Crippen LogP contribution in [0.25, 0.3) is 0 Å². The highest BCUT2D eigenvalue weighted by molar-refractivity contribution is 6.31. The number of nitrogens with zero attached hydrogens (tertiary/aromatic N) is 1. The Kier molecular flexibility index (Phi) is 4.84. The smallest absolute Gasteiger partial charge is 0.193 e. The molecule has 0 saturated carbocycles. The van der Waals surface area contributed by atoms with E-state index in [1.807, 2.05) is 18.2 Å². The summed E-state index contributed by atoms with van der Waals surface area (Å²) in [6, 6.07) is 13.5. The van der Waals surface area contributed by atoms with Crippen molar-refractivity contribution >= 4 is 23.2 Å². The molecule has 1 atom stereocenters. The molecule has 1 aliphatic rings. The first-order chi connectivity index (χ1) is 11.1. The SMILES string of the molecule is NC(=NCC(O)c1ccccc1Cl)Nc1ccc2c(c1)CCC2. The van der Waals surface area contributed by atoms with Gasteiger partial charge in [0.05, 0.1) is 6.54 Å². The van der Waals surface area contributed by atoms with Gasteiger partial charge in [-0.05, 0) is 48.6 Å². The van der Waals surface area contributed by atoms with Gasteiger partial charge < -0.3 is 16.2 Å². The molecule has 0 fully saturated rings. The number of aryl methyl sites for hydroxylation is 2. The van der Waals surface area contributed by atoms with Crippen molar-refractivity contribution in [2.75, 3.05) is 11.9 Å². The van der Waals surface area contributed by atoms with Crippen molar-refractivity contribution < 1.29 is 5.11 Å². The molecular formula is C18H20ClN3O. The van der Waals surface area contributed by atoms with Gasteiger partial charge in [-0.1, -0.05) is 35.9 Å². The molecule has 4 N–H and O–H groups in total. The average Bonchev–Trinajstić information content (AvgIpc) is 3.01. The van der Waals surface area contributed by atoms with Gasteiger partial charge in [-0.2, -0.15) is 0 Å². The fraction of sp³-hybridized carbons (Fsp3) is 0.278. The standard InChI is InChI=1S/C18H20ClN3O/c19-16-7-2-1-6-15(16)17(23)11-21-18(20)22-14-9-8-12-4-3-5-13(12)10-14/h1-2,6-10,17,23H,3-5,11H2,(H3,20,21,22). The van der Waals surface area contributed by atoms with E-state index in [-0.39, 0.29) is 12.5 Å². The van der Waals surface area contributed by atoms with Gasteiger partial charge in [0, 0.05) is 16.3 Å². The maximum Gasteiger partial charge on any atom is 0.193 e. The van der Waals surface area contributed by atoms with E-state index in [0.29, 0.717) is 10.6 Å². The minimum Gasteiger partial charge on any atom is -0.386 e. The van der Waals surface area contributed by atoms with Crippen LogP contribution in [0.5, 0.6) is 0 Å². The number of nitrogens with one attached hydrogen (secondary N) is 1. The number of aliphatic hydroxyl groups is 1. The van der Waals surface area contributed by atoms with Crippen LogP contribution in [0.1, 0.15) is 29.2 Å². The van der Waals surface area contributed by atoms with E-state index in [0.717, 1.165) is 18.5 Å². The number of aliphatic hydroxyl groups excluding tert-OH is 1. The lowest BCUT2D eigenvalue weighted by Gasteiger charge is -2.12. The zero-order valence-electron chi connectivity index (χ0n) is 12.8. The van der Waals surface area contributed by atoms with Gasteiger partial charge in [0.1, 0.15) is 6.10 Å². The summed E-state index contributed by atoms with van der Waals surface area (Å²) in [7, 11) is 0. The summed E-state index contributed by atoms with van der Waals surface area (Å²) in [4.78, 5) is 4.21. The summed E-state index contributed by atoms with van der Waals surface area (Å²) in [6.45, 7) is 0.160. The Morgan fingerprint density at radius 1 is 1.22 bits per heavy atom. The van der Waals surface area contributed by atoms with Crippen LogP contribution in [0, 0.1) is 0 Å². The molecule has 1 aliphatic carbocycles. The highest BCUT2D eigenvalue weighted by Crippen LogP contribution is 2.25. The quantitative estimate of drug-likeness (QED) is 0.595. The first-order valence-corrected chi connectivity index (χ1v) is 8.12. The maximum atomic E-state index is 10.2. The van der Waals surface area contributed by atoms with Crippen molar-refractivity contribution in [2.45, 2.75) is 25.4 Å². The van der Waals surface area contributed by atoms with Gasteiger partial charge in [0.2, 0.25) is 0 Å². The second-order valence-corrected chi connectivity index (χ2v) is 6.13. The van der Waals surface area contributed by atoms with Crippen LogP contribution in [0.2, 0.25) is 5.02 Å². The normalized spacial score (nSPS) is 15.3. The topological polar surface area (TPSA) is 70.6 Å². The Balaban J connectivity index is 1.63. The van der Waals surface area contributed by atoms with Crippen LogP contribution in [0.4, 0.5) is 5.69 Å². The molecule has 0 heterocycles. The fourth-order valence-corrected chi connectivity index (χ4v) is 3.13. The zero-order chi connectivity index (χ0) is 16.2. The summed E-state index contributed by atoms with van der Waals surface area (Å²) in [5, 5.41) is 13.8. The third kappa shape index (κ3) is 3.84. The number of rotatable bonds is 4. The minimum atomic E-state index is -0.774. The predicted molar refractivity (Wildman–Crippen MR) is 95.0 cm³/mol. The van der Waals surface area contributed by atoms with Crippen molar-refractivity contribution in [1.82, 2.24) is 0 Å². The highest BCUT2D eigenvalue weighted by Gasteiger charge is 2.12. The van der Waals surface area contributed by atoms with Crippen molar-refractivity contribution in [1.29, 1.82) is 0 Å². The second-order valence-electron chi connectivity index (χ2n) is 5.73. The zero-order valence-corrected chi connectivity index (χ0v) is 13.6. The van der Waals surface area contributed by atoms with Crippen molar-refractivity contribution in [3.63, 3.8) is 0 Å². The lowest BCUT2D eigenvalue weighted by atomic mass is 10.1. The van der Waals surface area contributed by atoms with E-state index in [4.69, 9.17) is 17.3 Å². The predicted octanol–water partition coefficient (Wildman–Crippen LogP) is 3.29. The molecule has 3 rings (SSSR count). The molecular weight excluding hydrogens is 310 g/mol. The Morgan fingerprint density at radius 2 is 2.00 bits per heavy atom. The van der Waals surface area contributed by atoms with E-state index in [2.05, 4.69) is 22.4 Å². The Labute approximate surface area is 141 Å². The monoisotopic (exact) mass is 329 g/mol. The van der Waals surface area contributed by atoms with Gasteiger partial charge in [0.15, 0.2) is 5.96 Å². The molecule has 23 heavy (non-hydrogen) atoms. The fourth-order valence-electron chi connectivity index (χ4n) is 2.87. The summed E-state index contributed by atoms with van der Waals surface area (Å²) in [5.74, 6) is 0.286. The molecule has 2 aromatic rings. The van der Waals surface area contributed by atoms with Crippen LogP contribution in [-0.4, -0.2) is 17.6 Å². The van der Waals surface area contributed by atoms with Crippen LogP contribution >= 0.6 is 11.6 Å². The van der Waals surface area contributed by atoms with Crippen molar-refractivity contribution in [3.8, 4) is 0 Å². The Bertz CT molecular complexity index is 730. The van der Waals surface area contributed by atoms with Gasteiger partial charge in [0.25, 0.3) is 0 Å². The molecule has 0 saturated heterocycles. The highest BCUT2D eigenvalue weighted by atomic mass is 35.5. The minimum absolute atomic E-state index is 0.160. The van der Waals surface area contributed by atoms with E-state index < -0.39 is 6.10 Å². The average molecular weight is 330 g/mol. The van der Waals surface area contributed by atoms with Gasteiger partial charge in [-0.25, -0.2) is 0 Å². The third-order valence-electron chi connectivity index (χ3n) is 4.07. The summed E-state index contributed by atoms with van der Waals surface area (Å²) >= 11 is 6.06. The van der Waals surface area contributed by atoms with E-state index in [1.54, 1.807) is 12.1 Å². The summed E-state index contributed by atoms with van der Waals surface area (Å²) in [6.07, 6.45) is 2.71. The lowest BCUT2D eigenvalue weighted by molar-refractivity contribution is 0.187. The number of benzene rings is 2.